The molecule has 0 fully saturated rings. The Hall–Kier alpha value is -1.40. The Labute approximate surface area is 145 Å². The molecule has 1 heterocycles. The number of carbonyl (C=O) groups is 1. The maximum absolute atomic E-state index is 12.6. The Kier molecular flexibility index (Phi) is 6.40. The number of hydrogen-bond acceptors (Lipinski definition) is 3. The van der Waals surface area contributed by atoms with Crippen LogP contribution in [0.3, 0.4) is 0 Å². The highest BCUT2D eigenvalue weighted by atomic mass is 32.2. The summed E-state index contributed by atoms with van der Waals surface area (Å²) in [5.74, 6) is 0.430. The number of fused-ring (bicyclic) bond motifs is 1. The largest absolute Gasteiger partial charge is 0.312 e. The van der Waals surface area contributed by atoms with Gasteiger partial charge in [0.2, 0.25) is 15.9 Å². The Morgan fingerprint density at radius 1 is 1.25 bits per heavy atom. The predicted molar refractivity (Wildman–Crippen MR) is 97.6 cm³/mol. The van der Waals surface area contributed by atoms with Gasteiger partial charge in [-0.2, -0.15) is 0 Å². The number of sulfonamides is 1. The van der Waals surface area contributed by atoms with Gasteiger partial charge in [-0.1, -0.05) is 32.0 Å². The highest BCUT2D eigenvalue weighted by molar-refractivity contribution is 7.88. The summed E-state index contributed by atoms with van der Waals surface area (Å²) < 4.78 is 25.3. The molecule has 134 valence electrons. The first-order valence-corrected chi connectivity index (χ1v) is 10.5. The number of benzene rings is 1. The van der Waals surface area contributed by atoms with Gasteiger partial charge in [-0.3, -0.25) is 4.79 Å². The van der Waals surface area contributed by atoms with E-state index in [1.54, 1.807) is 0 Å². The molecular weight excluding hydrogens is 324 g/mol. The number of para-hydroxylation sites is 1. The van der Waals surface area contributed by atoms with Crippen LogP contribution in [0.5, 0.6) is 0 Å². The molecule has 24 heavy (non-hydrogen) atoms. The first-order chi connectivity index (χ1) is 11.3. The van der Waals surface area contributed by atoms with E-state index in [0.717, 1.165) is 24.9 Å². The lowest BCUT2D eigenvalue weighted by Crippen LogP contribution is -2.39. The van der Waals surface area contributed by atoms with Crippen LogP contribution in [0.15, 0.2) is 24.3 Å². The zero-order valence-electron chi connectivity index (χ0n) is 14.9. The number of rotatable bonds is 7. The van der Waals surface area contributed by atoms with Crippen LogP contribution in [0.1, 0.15) is 38.7 Å². The van der Waals surface area contributed by atoms with Gasteiger partial charge in [-0.25, -0.2) is 12.7 Å². The summed E-state index contributed by atoms with van der Waals surface area (Å²) >= 11 is 0. The molecule has 0 atom stereocenters. The molecule has 0 aromatic heterocycles. The quantitative estimate of drug-likeness (QED) is 0.758. The van der Waals surface area contributed by atoms with Crippen molar-refractivity contribution in [1.82, 2.24) is 4.31 Å². The zero-order valence-corrected chi connectivity index (χ0v) is 15.7. The summed E-state index contributed by atoms with van der Waals surface area (Å²) in [6, 6.07) is 7.96. The minimum absolute atomic E-state index is 0.000321. The van der Waals surface area contributed by atoms with Crippen molar-refractivity contribution >= 4 is 21.6 Å². The van der Waals surface area contributed by atoms with E-state index in [1.165, 1.54) is 16.1 Å². The number of carbonyl (C=O) groups excluding carboxylic acids is 1. The molecule has 0 unspecified atom stereocenters. The number of hydrogen-bond donors (Lipinski definition) is 0. The van der Waals surface area contributed by atoms with Crippen LogP contribution in [-0.2, 0) is 21.2 Å². The number of amides is 1. The summed E-state index contributed by atoms with van der Waals surface area (Å²) in [5.41, 5.74) is 2.17. The standard InChI is InChI=1S/C18H28N2O3S/c1-15(2)10-13-19(24(3,22)23)14-11-18(21)20-12-6-8-16-7-4-5-9-17(16)20/h4-5,7,9,15H,6,8,10-14H2,1-3H3. The lowest BCUT2D eigenvalue weighted by atomic mass is 10.0. The molecular formula is C18H28N2O3S. The average Bonchev–Trinajstić information content (AvgIpc) is 2.52. The summed E-state index contributed by atoms with van der Waals surface area (Å²) in [5, 5.41) is 0. The van der Waals surface area contributed by atoms with Crippen molar-refractivity contribution in [2.45, 2.75) is 39.5 Å². The molecule has 0 aliphatic carbocycles. The van der Waals surface area contributed by atoms with E-state index in [0.29, 0.717) is 19.0 Å². The highest BCUT2D eigenvalue weighted by Crippen LogP contribution is 2.27. The smallest absolute Gasteiger partial charge is 0.228 e. The van der Waals surface area contributed by atoms with E-state index in [9.17, 15) is 13.2 Å². The predicted octanol–water partition coefficient (Wildman–Crippen LogP) is 2.66. The molecule has 0 spiro atoms. The van der Waals surface area contributed by atoms with Crippen LogP contribution < -0.4 is 4.90 Å². The zero-order chi connectivity index (χ0) is 17.7. The van der Waals surface area contributed by atoms with Crippen LogP contribution in [0.4, 0.5) is 5.69 Å². The third-order valence-electron chi connectivity index (χ3n) is 4.41. The van der Waals surface area contributed by atoms with Gasteiger partial charge in [-0.05, 0) is 36.8 Å². The van der Waals surface area contributed by atoms with Crippen molar-refractivity contribution in [2.24, 2.45) is 5.92 Å². The maximum atomic E-state index is 12.6. The summed E-state index contributed by atoms with van der Waals surface area (Å²) in [6.07, 6.45) is 4.18. The molecule has 1 aliphatic rings. The summed E-state index contributed by atoms with van der Waals surface area (Å²) in [4.78, 5) is 14.4. The van der Waals surface area contributed by atoms with Crippen LogP contribution in [-0.4, -0.2) is 44.5 Å². The van der Waals surface area contributed by atoms with E-state index < -0.39 is 10.0 Å². The fourth-order valence-electron chi connectivity index (χ4n) is 2.99. The molecule has 1 amide bonds. The molecule has 1 aliphatic heterocycles. The molecule has 0 saturated heterocycles. The van der Waals surface area contributed by atoms with Crippen molar-refractivity contribution in [1.29, 1.82) is 0 Å². The van der Waals surface area contributed by atoms with Crippen LogP contribution in [0.25, 0.3) is 0 Å². The SMILES string of the molecule is CC(C)CCN(CCC(=O)N1CCCc2ccccc21)S(C)(=O)=O. The normalized spacial score (nSPS) is 15.0. The molecule has 1 aromatic carbocycles. The van der Waals surface area contributed by atoms with Crippen molar-refractivity contribution in [3.05, 3.63) is 29.8 Å². The van der Waals surface area contributed by atoms with Gasteiger partial charge in [0, 0.05) is 31.7 Å². The lowest BCUT2D eigenvalue weighted by Gasteiger charge is -2.30. The molecule has 6 heteroatoms. The number of aryl methyl sites for hydroxylation is 1. The number of nitrogens with zero attached hydrogens (tertiary/aromatic N) is 2. The summed E-state index contributed by atoms with van der Waals surface area (Å²) in [7, 11) is -3.28. The van der Waals surface area contributed by atoms with Gasteiger partial charge in [0.15, 0.2) is 0 Å². The van der Waals surface area contributed by atoms with Crippen LogP contribution >= 0.6 is 0 Å². The maximum Gasteiger partial charge on any atom is 0.228 e. The Balaban J connectivity index is 2.01. The second kappa shape index (κ2) is 8.12. The number of anilines is 1. The van der Waals surface area contributed by atoms with Gasteiger partial charge in [-0.15, -0.1) is 0 Å². The van der Waals surface area contributed by atoms with Crippen molar-refractivity contribution < 1.29 is 13.2 Å². The van der Waals surface area contributed by atoms with E-state index in [4.69, 9.17) is 0 Å². The third-order valence-corrected chi connectivity index (χ3v) is 5.71. The van der Waals surface area contributed by atoms with Gasteiger partial charge >= 0.3 is 0 Å². The van der Waals surface area contributed by atoms with Gasteiger partial charge in [0.1, 0.15) is 0 Å². The minimum atomic E-state index is -3.28. The molecule has 1 aromatic rings. The molecule has 0 saturated carbocycles. The molecule has 5 nitrogen and oxygen atoms in total. The van der Waals surface area contributed by atoms with E-state index in [1.807, 2.05) is 23.1 Å². The average molecular weight is 353 g/mol. The Morgan fingerprint density at radius 2 is 1.96 bits per heavy atom. The van der Waals surface area contributed by atoms with Gasteiger partial charge in [0.05, 0.1) is 6.26 Å². The monoisotopic (exact) mass is 352 g/mol. The fraction of sp³-hybridized carbons (Fsp3) is 0.611. The Bertz CT molecular complexity index is 671. The highest BCUT2D eigenvalue weighted by Gasteiger charge is 2.24. The first-order valence-electron chi connectivity index (χ1n) is 8.62. The topological polar surface area (TPSA) is 57.7 Å². The second-order valence-electron chi connectivity index (χ2n) is 6.87. The van der Waals surface area contributed by atoms with Gasteiger partial charge in [0.25, 0.3) is 0 Å². The summed E-state index contributed by atoms with van der Waals surface area (Å²) in [6.45, 7) is 5.57. The Morgan fingerprint density at radius 3 is 2.62 bits per heavy atom. The van der Waals surface area contributed by atoms with E-state index >= 15 is 0 Å². The first kappa shape index (κ1) is 18.9. The fourth-order valence-corrected chi connectivity index (χ4v) is 3.85. The molecule has 2 rings (SSSR count). The molecule has 0 N–H and O–H groups in total. The van der Waals surface area contributed by atoms with E-state index in [2.05, 4.69) is 19.9 Å². The molecule has 0 bridgehead atoms. The van der Waals surface area contributed by atoms with E-state index in [-0.39, 0.29) is 18.9 Å². The van der Waals surface area contributed by atoms with Crippen molar-refractivity contribution in [2.75, 3.05) is 30.8 Å². The molecule has 0 radical (unpaired) electrons. The van der Waals surface area contributed by atoms with Gasteiger partial charge < -0.3 is 4.90 Å². The van der Waals surface area contributed by atoms with Crippen molar-refractivity contribution in [3.8, 4) is 0 Å². The van der Waals surface area contributed by atoms with Crippen LogP contribution in [0.2, 0.25) is 0 Å². The third kappa shape index (κ3) is 5.05. The minimum Gasteiger partial charge on any atom is -0.312 e. The lowest BCUT2D eigenvalue weighted by molar-refractivity contribution is -0.118. The van der Waals surface area contributed by atoms with Crippen molar-refractivity contribution in [3.63, 3.8) is 0 Å². The van der Waals surface area contributed by atoms with Crippen LogP contribution in [0, 0.1) is 5.92 Å². The second-order valence-corrected chi connectivity index (χ2v) is 8.85.